The first-order chi connectivity index (χ1) is 9.30. The van der Waals surface area contributed by atoms with Crippen LogP contribution in [0.4, 0.5) is 4.79 Å². The minimum atomic E-state index is -0.455. The van der Waals surface area contributed by atoms with Gasteiger partial charge >= 0.3 is 6.09 Å². The SMILES string of the molecule is CC(C)(C)OC(=O)N1CCC2(CCNC(=O)CN2)CC1. The van der Waals surface area contributed by atoms with Crippen LogP contribution in [0.5, 0.6) is 0 Å². The molecule has 6 nitrogen and oxygen atoms in total. The first-order valence-electron chi connectivity index (χ1n) is 7.29. The van der Waals surface area contributed by atoms with Crippen molar-refractivity contribution in [3.8, 4) is 0 Å². The number of piperidine rings is 1. The second-order valence-corrected chi connectivity index (χ2v) is 6.70. The third-order valence-electron chi connectivity index (χ3n) is 3.92. The van der Waals surface area contributed by atoms with E-state index < -0.39 is 5.60 Å². The molecule has 2 aliphatic rings. The van der Waals surface area contributed by atoms with Crippen LogP contribution in [-0.2, 0) is 9.53 Å². The van der Waals surface area contributed by atoms with E-state index in [9.17, 15) is 9.59 Å². The number of hydrogen-bond acceptors (Lipinski definition) is 4. The van der Waals surface area contributed by atoms with Gasteiger partial charge in [-0.25, -0.2) is 4.79 Å². The first-order valence-corrected chi connectivity index (χ1v) is 7.29. The molecule has 0 unspecified atom stereocenters. The van der Waals surface area contributed by atoms with E-state index in [1.165, 1.54) is 0 Å². The number of likely N-dealkylation sites (tertiary alicyclic amines) is 1. The van der Waals surface area contributed by atoms with Crippen molar-refractivity contribution in [3.63, 3.8) is 0 Å². The molecule has 2 amide bonds. The van der Waals surface area contributed by atoms with Gasteiger partial charge in [0.05, 0.1) is 6.54 Å². The maximum absolute atomic E-state index is 12.0. The Kier molecular flexibility index (Phi) is 4.22. The lowest BCUT2D eigenvalue weighted by molar-refractivity contribution is -0.120. The zero-order chi connectivity index (χ0) is 14.8. The summed E-state index contributed by atoms with van der Waals surface area (Å²) in [5.74, 6) is 0.0523. The summed E-state index contributed by atoms with van der Waals surface area (Å²) in [6.45, 7) is 8.05. The molecule has 0 aliphatic carbocycles. The van der Waals surface area contributed by atoms with Gasteiger partial charge in [0.1, 0.15) is 5.60 Å². The Morgan fingerprint density at radius 2 is 1.90 bits per heavy atom. The maximum atomic E-state index is 12.0. The Labute approximate surface area is 120 Å². The summed E-state index contributed by atoms with van der Waals surface area (Å²) < 4.78 is 5.39. The lowest BCUT2D eigenvalue weighted by Crippen LogP contribution is -2.55. The second-order valence-electron chi connectivity index (χ2n) is 6.70. The van der Waals surface area contributed by atoms with Crippen molar-refractivity contribution in [2.24, 2.45) is 0 Å². The molecule has 2 aliphatic heterocycles. The van der Waals surface area contributed by atoms with E-state index in [1.807, 2.05) is 20.8 Å². The highest BCUT2D eigenvalue weighted by molar-refractivity contribution is 5.78. The summed E-state index contributed by atoms with van der Waals surface area (Å²) in [5.41, 5.74) is -0.471. The van der Waals surface area contributed by atoms with E-state index in [0.717, 1.165) is 19.3 Å². The molecule has 0 aromatic carbocycles. The summed E-state index contributed by atoms with van der Waals surface area (Å²) in [4.78, 5) is 25.2. The molecule has 2 N–H and O–H groups in total. The van der Waals surface area contributed by atoms with E-state index in [-0.39, 0.29) is 17.5 Å². The van der Waals surface area contributed by atoms with Gasteiger partial charge in [0.2, 0.25) is 5.91 Å². The molecule has 2 rings (SSSR count). The summed E-state index contributed by atoms with van der Waals surface area (Å²) in [6.07, 6.45) is 2.40. The lowest BCUT2D eigenvalue weighted by Gasteiger charge is -2.41. The Balaban J connectivity index is 1.88. The fourth-order valence-electron chi connectivity index (χ4n) is 2.73. The highest BCUT2D eigenvalue weighted by Crippen LogP contribution is 2.27. The molecule has 6 heteroatoms. The molecule has 0 aromatic rings. The van der Waals surface area contributed by atoms with E-state index in [4.69, 9.17) is 4.74 Å². The largest absolute Gasteiger partial charge is 0.444 e. The van der Waals surface area contributed by atoms with Gasteiger partial charge in [0.15, 0.2) is 0 Å². The highest BCUT2D eigenvalue weighted by Gasteiger charge is 2.37. The number of nitrogens with one attached hydrogen (secondary N) is 2. The van der Waals surface area contributed by atoms with E-state index in [1.54, 1.807) is 4.90 Å². The number of amides is 2. The number of carbonyl (C=O) groups is 2. The fourth-order valence-corrected chi connectivity index (χ4v) is 2.73. The van der Waals surface area contributed by atoms with Crippen LogP contribution < -0.4 is 10.6 Å². The normalized spacial score (nSPS) is 23.1. The predicted octanol–water partition coefficient (Wildman–Crippen LogP) is 0.866. The van der Waals surface area contributed by atoms with Gasteiger partial charge in [0, 0.05) is 25.2 Å². The van der Waals surface area contributed by atoms with Gasteiger partial charge in [0.25, 0.3) is 0 Å². The summed E-state index contributed by atoms with van der Waals surface area (Å²) in [7, 11) is 0. The van der Waals surface area contributed by atoms with E-state index in [2.05, 4.69) is 10.6 Å². The Morgan fingerprint density at radius 3 is 2.50 bits per heavy atom. The third kappa shape index (κ3) is 3.85. The van der Waals surface area contributed by atoms with Crippen LogP contribution in [0.15, 0.2) is 0 Å². The molecule has 20 heavy (non-hydrogen) atoms. The smallest absolute Gasteiger partial charge is 0.410 e. The maximum Gasteiger partial charge on any atom is 0.410 e. The van der Waals surface area contributed by atoms with E-state index in [0.29, 0.717) is 26.2 Å². The minimum absolute atomic E-state index is 0.0162. The quantitative estimate of drug-likeness (QED) is 0.692. The molecule has 1 spiro atoms. The Morgan fingerprint density at radius 1 is 1.25 bits per heavy atom. The highest BCUT2D eigenvalue weighted by atomic mass is 16.6. The molecule has 2 fully saturated rings. The van der Waals surface area contributed by atoms with Gasteiger partial charge in [-0.05, 0) is 40.0 Å². The zero-order valence-corrected chi connectivity index (χ0v) is 12.6. The zero-order valence-electron chi connectivity index (χ0n) is 12.6. The first kappa shape index (κ1) is 15.1. The van der Waals surface area contributed by atoms with Gasteiger partial charge in [-0.3, -0.25) is 4.79 Å². The molecular weight excluding hydrogens is 258 g/mol. The van der Waals surface area contributed by atoms with Crippen LogP contribution >= 0.6 is 0 Å². The molecular formula is C14H25N3O3. The van der Waals surface area contributed by atoms with Gasteiger partial charge < -0.3 is 20.3 Å². The molecule has 0 radical (unpaired) electrons. The average molecular weight is 283 g/mol. The van der Waals surface area contributed by atoms with Crippen molar-refractivity contribution < 1.29 is 14.3 Å². The average Bonchev–Trinajstić information content (AvgIpc) is 2.51. The number of ether oxygens (including phenoxy) is 1. The van der Waals surface area contributed by atoms with Crippen LogP contribution in [-0.4, -0.2) is 54.2 Å². The number of hydrogen-bond donors (Lipinski definition) is 2. The molecule has 0 atom stereocenters. The number of carbonyl (C=O) groups excluding carboxylic acids is 2. The Bertz CT molecular complexity index is 382. The van der Waals surface area contributed by atoms with Crippen LogP contribution in [0.3, 0.4) is 0 Å². The molecule has 114 valence electrons. The number of rotatable bonds is 0. The van der Waals surface area contributed by atoms with Crippen molar-refractivity contribution >= 4 is 12.0 Å². The third-order valence-corrected chi connectivity index (χ3v) is 3.92. The van der Waals surface area contributed by atoms with Crippen LogP contribution in [0.1, 0.15) is 40.0 Å². The van der Waals surface area contributed by atoms with Crippen LogP contribution in [0.25, 0.3) is 0 Å². The van der Waals surface area contributed by atoms with Gasteiger partial charge in [-0.1, -0.05) is 0 Å². The standard InChI is InChI=1S/C14H25N3O3/c1-13(2,3)20-12(19)17-8-5-14(6-9-17)4-7-15-11(18)10-16-14/h16H,4-10H2,1-3H3,(H,15,18). The van der Waals surface area contributed by atoms with Gasteiger partial charge in [-0.2, -0.15) is 0 Å². The summed E-state index contributed by atoms with van der Waals surface area (Å²) in [5, 5.41) is 6.24. The van der Waals surface area contributed by atoms with Crippen LogP contribution in [0.2, 0.25) is 0 Å². The predicted molar refractivity (Wildman–Crippen MR) is 75.4 cm³/mol. The fraction of sp³-hybridized carbons (Fsp3) is 0.857. The van der Waals surface area contributed by atoms with Crippen molar-refractivity contribution in [1.29, 1.82) is 0 Å². The molecule has 2 heterocycles. The number of nitrogens with zero attached hydrogens (tertiary/aromatic N) is 1. The van der Waals surface area contributed by atoms with Gasteiger partial charge in [-0.15, -0.1) is 0 Å². The molecule has 0 saturated carbocycles. The van der Waals surface area contributed by atoms with Crippen molar-refractivity contribution in [2.75, 3.05) is 26.2 Å². The van der Waals surface area contributed by atoms with Crippen molar-refractivity contribution in [3.05, 3.63) is 0 Å². The van der Waals surface area contributed by atoms with Crippen molar-refractivity contribution in [2.45, 2.75) is 51.2 Å². The Hall–Kier alpha value is -1.30. The molecule has 2 saturated heterocycles. The summed E-state index contributed by atoms with van der Waals surface area (Å²) in [6, 6.07) is 0. The van der Waals surface area contributed by atoms with Crippen LogP contribution in [0, 0.1) is 0 Å². The lowest BCUT2D eigenvalue weighted by atomic mass is 9.84. The monoisotopic (exact) mass is 283 g/mol. The van der Waals surface area contributed by atoms with Crippen molar-refractivity contribution in [1.82, 2.24) is 15.5 Å². The minimum Gasteiger partial charge on any atom is -0.444 e. The molecule has 0 bridgehead atoms. The second kappa shape index (κ2) is 5.60. The van der Waals surface area contributed by atoms with E-state index >= 15 is 0 Å². The molecule has 0 aromatic heterocycles. The summed E-state index contributed by atoms with van der Waals surface area (Å²) >= 11 is 0. The topological polar surface area (TPSA) is 70.7 Å².